The summed E-state index contributed by atoms with van der Waals surface area (Å²) in [5.74, 6) is 0.723. The van der Waals surface area contributed by atoms with Gasteiger partial charge in [0.15, 0.2) is 0 Å². The number of nitrogens with one attached hydrogen (secondary N) is 2. The topological polar surface area (TPSA) is 50.4 Å². The van der Waals surface area contributed by atoms with Crippen LogP contribution in [0.4, 0.5) is 0 Å². The second-order valence-corrected chi connectivity index (χ2v) is 5.44. The molecule has 0 bridgehead atoms. The van der Waals surface area contributed by atoms with E-state index in [1.165, 1.54) is 0 Å². The van der Waals surface area contributed by atoms with Crippen LogP contribution < -0.4 is 10.6 Å². The Bertz CT molecular complexity index is 252. The van der Waals surface area contributed by atoms with E-state index in [1.807, 2.05) is 13.8 Å². The van der Waals surface area contributed by atoms with Crippen LogP contribution in [0.1, 0.15) is 47.0 Å². The van der Waals surface area contributed by atoms with E-state index in [0.29, 0.717) is 12.0 Å². The summed E-state index contributed by atoms with van der Waals surface area (Å²) in [5.41, 5.74) is 0. The highest BCUT2D eigenvalue weighted by Gasteiger charge is 2.23. The number of carbonyl (C=O) groups is 1. The molecule has 0 aromatic carbocycles. The fourth-order valence-corrected chi connectivity index (χ4v) is 2.29. The fourth-order valence-electron chi connectivity index (χ4n) is 2.29. The molecule has 3 atom stereocenters. The summed E-state index contributed by atoms with van der Waals surface area (Å²) < 4.78 is 5.36. The van der Waals surface area contributed by atoms with Crippen molar-refractivity contribution in [2.45, 2.75) is 65.1 Å². The molecule has 18 heavy (non-hydrogen) atoms. The first-order valence-corrected chi connectivity index (χ1v) is 7.18. The lowest BCUT2D eigenvalue weighted by molar-refractivity contribution is -0.123. The Morgan fingerprint density at radius 3 is 2.44 bits per heavy atom. The third-order valence-electron chi connectivity index (χ3n) is 3.88. The van der Waals surface area contributed by atoms with Crippen LogP contribution in [-0.4, -0.2) is 37.2 Å². The maximum atomic E-state index is 11.9. The second-order valence-electron chi connectivity index (χ2n) is 5.44. The maximum absolute atomic E-state index is 11.9. The quantitative estimate of drug-likeness (QED) is 0.760. The molecular weight excluding hydrogens is 228 g/mol. The van der Waals surface area contributed by atoms with E-state index in [-0.39, 0.29) is 18.0 Å². The van der Waals surface area contributed by atoms with E-state index in [2.05, 4.69) is 24.5 Å². The van der Waals surface area contributed by atoms with Crippen molar-refractivity contribution in [3.8, 4) is 0 Å². The molecule has 1 amide bonds. The molecule has 1 aliphatic rings. The van der Waals surface area contributed by atoms with Crippen LogP contribution in [0.25, 0.3) is 0 Å². The highest BCUT2D eigenvalue weighted by atomic mass is 16.5. The molecule has 2 N–H and O–H groups in total. The van der Waals surface area contributed by atoms with Crippen molar-refractivity contribution in [2.24, 2.45) is 5.92 Å². The summed E-state index contributed by atoms with van der Waals surface area (Å²) in [4.78, 5) is 11.9. The van der Waals surface area contributed by atoms with Crippen molar-refractivity contribution < 1.29 is 9.53 Å². The summed E-state index contributed by atoms with van der Waals surface area (Å²) in [5, 5.41) is 6.42. The summed E-state index contributed by atoms with van der Waals surface area (Å²) in [7, 11) is 0. The first kappa shape index (κ1) is 15.4. The van der Waals surface area contributed by atoms with Gasteiger partial charge in [0.05, 0.1) is 6.04 Å². The SMILES string of the molecule is CCC(C)NC(=O)C(C)NC(C)C1CCOCC1. The lowest BCUT2D eigenvalue weighted by Gasteiger charge is -2.30. The van der Waals surface area contributed by atoms with Gasteiger partial charge >= 0.3 is 0 Å². The molecular formula is C14H28N2O2. The zero-order valence-electron chi connectivity index (χ0n) is 12.2. The van der Waals surface area contributed by atoms with Gasteiger partial charge in [-0.05, 0) is 46.0 Å². The maximum Gasteiger partial charge on any atom is 0.237 e. The number of hydrogen-bond donors (Lipinski definition) is 2. The van der Waals surface area contributed by atoms with Crippen molar-refractivity contribution in [3.05, 3.63) is 0 Å². The molecule has 0 aromatic rings. The Balaban J connectivity index is 2.33. The lowest BCUT2D eigenvalue weighted by Crippen LogP contribution is -2.50. The van der Waals surface area contributed by atoms with Crippen molar-refractivity contribution in [1.29, 1.82) is 0 Å². The molecule has 0 radical (unpaired) electrons. The molecule has 0 aromatic heterocycles. The monoisotopic (exact) mass is 256 g/mol. The molecule has 1 rings (SSSR count). The zero-order chi connectivity index (χ0) is 13.5. The zero-order valence-corrected chi connectivity index (χ0v) is 12.2. The predicted molar refractivity (Wildman–Crippen MR) is 73.5 cm³/mol. The highest BCUT2D eigenvalue weighted by Crippen LogP contribution is 2.18. The Kier molecular flexibility index (Phi) is 6.65. The van der Waals surface area contributed by atoms with Crippen LogP contribution in [0, 0.1) is 5.92 Å². The van der Waals surface area contributed by atoms with Crippen LogP contribution in [0.3, 0.4) is 0 Å². The van der Waals surface area contributed by atoms with Gasteiger partial charge in [0.25, 0.3) is 0 Å². The van der Waals surface area contributed by atoms with Gasteiger partial charge in [-0.25, -0.2) is 0 Å². The van der Waals surface area contributed by atoms with Crippen LogP contribution in [0.15, 0.2) is 0 Å². The molecule has 1 saturated heterocycles. The van der Waals surface area contributed by atoms with E-state index < -0.39 is 0 Å². The summed E-state index contributed by atoms with van der Waals surface area (Å²) in [6, 6.07) is 0.489. The summed E-state index contributed by atoms with van der Waals surface area (Å²) >= 11 is 0. The molecule has 0 aliphatic carbocycles. The molecule has 0 saturated carbocycles. The van der Waals surface area contributed by atoms with Gasteiger partial charge in [-0.2, -0.15) is 0 Å². The number of carbonyl (C=O) groups excluding carboxylic acids is 1. The average Bonchev–Trinajstić information content (AvgIpc) is 2.39. The van der Waals surface area contributed by atoms with Crippen molar-refractivity contribution >= 4 is 5.91 Å². The summed E-state index contributed by atoms with van der Waals surface area (Å²) in [6.45, 7) is 9.92. The molecule has 3 unspecified atom stereocenters. The molecule has 1 fully saturated rings. The first-order chi connectivity index (χ1) is 8.54. The lowest BCUT2D eigenvalue weighted by atomic mass is 9.92. The highest BCUT2D eigenvalue weighted by molar-refractivity contribution is 5.81. The Labute approximate surface area is 111 Å². The van der Waals surface area contributed by atoms with Gasteiger partial charge in [-0.1, -0.05) is 6.92 Å². The van der Waals surface area contributed by atoms with Gasteiger partial charge in [0.1, 0.15) is 0 Å². The minimum atomic E-state index is -0.128. The largest absolute Gasteiger partial charge is 0.381 e. The second kappa shape index (κ2) is 7.74. The van der Waals surface area contributed by atoms with Crippen molar-refractivity contribution in [3.63, 3.8) is 0 Å². The molecule has 1 heterocycles. The predicted octanol–water partition coefficient (Wildman–Crippen LogP) is 1.69. The molecule has 106 valence electrons. The van der Waals surface area contributed by atoms with Gasteiger partial charge in [0.2, 0.25) is 5.91 Å². The first-order valence-electron chi connectivity index (χ1n) is 7.18. The van der Waals surface area contributed by atoms with Crippen LogP contribution in [-0.2, 0) is 9.53 Å². The molecule has 1 aliphatic heterocycles. The minimum Gasteiger partial charge on any atom is -0.381 e. The molecule has 4 nitrogen and oxygen atoms in total. The van der Waals surface area contributed by atoms with Crippen molar-refractivity contribution in [1.82, 2.24) is 10.6 Å². The van der Waals surface area contributed by atoms with E-state index >= 15 is 0 Å². The van der Waals surface area contributed by atoms with Gasteiger partial charge < -0.3 is 15.4 Å². The third kappa shape index (κ3) is 4.94. The van der Waals surface area contributed by atoms with E-state index in [1.54, 1.807) is 0 Å². The number of ether oxygens (including phenoxy) is 1. The third-order valence-corrected chi connectivity index (χ3v) is 3.88. The Hall–Kier alpha value is -0.610. The van der Waals surface area contributed by atoms with Crippen molar-refractivity contribution in [2.75, 3.05) is 13.2 Å². The average molecular weight is 256 g/mol. The normalized spacial score (nSPS) is 22.2. The Morgan fingerprint density at radius 2 is 1.89 bits per heavy atom. The van der Waals surface area contributed by atoms with E-state index in [4.69, 9.17) is 4.74 Å². The molecule has 4 heteroatoms. The van der Waals surface area contributed by atoms with E-state index in [9.17, 15) is 4.79 Å². The van der Waals surface area contributed by atoms with Gasteiger partial charge in [0, 0.05) is 25.3 Å². The number of amides is 1. The van der Waals surface area contributed by atoms with Crippen LogP contribution in [0.2, 0.25) is 0 Å². The fraction of sp³-hybridized carbons (Fsp3) is 0.929. The van der Waals surface area contributed by atoms with Crippen LogP contribution in [0.5, 0.6) is 0 Å². The van der Waals surface area contributed by atoms with Crippen LogP contribution >= 0.6 is 0 Å². The standard InChI is InChI=1S/C14H28N2O2/c1-5-10(2)15-14(17)12(4)16-11(3)13-6-8-18-9-7-13/h10-13,16H,5-9H2,1-4H3,(H,15,17). The van der Waals surface area contributed by atoms with Gasteiger partial charge in [-0.3, -0.25) is 4.79 Å². The smallest absolute Gasteiger partial charge is 0.237 e. The Morgan fingerprint density at radius 1 is 1.28 bits per heavy atom. The van der Waals surface area contributed by atoms with Gasteiger partial charge in [-0.15, -0.1) is 0 Å². The number of rotatable bonds is 6. The number of hydrogen-bond acceptors (Lipinski definition) is 3. The summed E-state index contributed by atoms with van der Waals surface area (Å²) in [6.07, 6.45) is 3.15. The van der Waals surface area contributed by atoms with E-state index in [0.717, 1.165) is 32.5 Å². The molecule has 0 spiro atoms. The minimum absolute atomic E-state index is 0.100.